The van der Waals surface area contributed by atoms with Crippen molar-refractivity contribution in [3.8, 4) is 0 Å². The molecule has 2 unspecified atom stereocenters. The van der Waals surface area contributed by atoms with Gasteiger partial charge < -0.3 is 5.73 Å². The van der Waals surface area contributed by atoms with E-state index in [-0.39, 0.29) is 10.6 Å². The maximum Gasteiger partial charge on any atom is 0.240 e. The summed E-state index contributed by atoms with van der Waals surface area (Å²) >= 11 is 5.91. The molecule has 6 heteroatoms. The second-order valence-electron chi connectivity index (χ2n) is 6.01. The van der Waals surface area contributed by atoms with E-state index < -0.39 is 10.0 Å². The van der Waals surface area contributed by atoms with E-state index in [1.807, 2.05) is 0 Å². The summed E-state index contributed by atoms with van der Waals surface area (Å²) in [5.74, 6) is 0.983. The van der Waals surface area contributed by atoms with Crippen molar-refractivity contribution in [1.29, 1.82) is 0 Å². The molecule has 0 heterocycles. The van der Waals surface area contributed by atoms with Crippen LogP contribution in [0.2, 0.25) is 5.02 Å². The number of benzene rings is 1. The van der Waals surface area contributed by atoms with Gasteiger partial charge in [0, 0.05) is 6.54 Å². The number of aryl methyl sites for hydroxylation is 1. The maximum atomic E-state index is 12.5. The van der Waals surface area contributed by atoms with Crippen LogP contribution in [0.5, 0.6) is 0 Å². The van der Waals surface area contributed by atoms with Gasteiger partial charge in [-0.3, -0.25) is 0 Å². The van der Waals surface area contributed by atoms with Crippen molar-refractivity contribution >= 4 is 27.3 Å². The van der Waals surface area contributed by atoms with E-state index in [1.54, 1.807) is 13.0 Å². The second-order valence-corrected chi connectivity index (χ2v) is 8.16. The average molecular weight is 331 g/mol. The lowest BCUT2D eigenvalue weighted by Crippen LogP contribution is -2.33. The first-order valence-electron chi connectivity index (χ1n) is 7.36. The quantitative estimate of drug-likeness (QED) is 0.832. The lowest BCUT2D eigenvalue weighted by atomic mass is 9.81. The number of rotatable bonds is 4. The van der Waals surface area contributed by atoms with Crippen LogP contribution in [0.15, 0.2) is 17.0 Å². The predicted octanol–water partition coefficient (Wildman–Crippen LogP) is 3.34. The van der Waals surface area contributed by atoms with Gasteiger partial charge in [-0.25, -0.2) is 13.1 Å². The van der Waals surface area contributed by atoms with Gasteiger partial charge in [0.25, 0.3) is 0 Å². The topological polar surface area (TPSA) is 72.2 Å². The van der Waals surface area contributed by atoms with Crippen molar-refractivity contribution in [3.63, 3.8) is 0 Å². The molecule has 0 saturated heterocycles. The van der Waals surface area contributed by atoms with Gasteiger partial charge in [-0.2, -0.15) is 0 Å². The van der Waals surface area contributed by atoms with Crippen molar-refractivity contribution < 1.29 is 8.42 Å². The third-order valence-electron chi connectivity index (χ3n) is 4.41. The summed E-state index contributed by atoms with van der Waals surface area (Å²) in [4.78, 5) is 0.216. The van der Waals surface area contributed by atoms with Gasteiger partial charge in [0.15, 0.2) is 0 Å². The fraction of sp³-hybridized carbons (Fsp3) is 0.600. The summed E-state index contributed by atoms with van der Waals surface area (Å²) in [6.07, 6.45) is 4.70. The molecule has 4 nitrogen and oxygen atoms in total. The highest BCUT2D eigenvalue weighted by Crippen LogP contribution is 2.30. The molecule has 1 aromatic rings. The number of hydrogen-bond donors (Lipinski definition) is 2. The van der Waals surface area contributed by atoms with Crippen LogP contribution in [0.1, 0.15) is 38.2 Å². The van der Waals surface area contributed by atoms with Crippen LogP contribution in [-0.2, 0) is 10.0 Å². The molecule has 0 amide bonds. The molecule has 1 aromatic carbocycles. The highest BCUT2D eigenvalue weighted by Gasteiger charge is 2.24. The lowest BCUT2D eigenvalue weighted by molar-refractivity contribution is 0.257. The lowest BCUT2D eigenvalue weighted by Gasteiger charge is -2.28. The SMILES string of the molecule is Cc1cc(Cl)c(N)cc1S(=O)(=O)NCC1CCCCC1C. The zero-order valence-corrected chi connectivity index (χ0v) is 14.1. The first-order chi connectivity index (χ1) is 9.81. The van der Waals surface area contributed by atoms with Gasteiger partial charge in [0.05, 0.1) is 15.6 Å². The Hall–Kier alpha value is -0.780. The van der Waals surface area contributed by atoms with E-state index >= 15 is 0 Å². The van der Waals surface area contributed by atoms with Crippen molar-refractivity contribution in [1.82, 2.24) is 4.72 Å². The predicted molar refractivity (Wildman–Crippen MR) is 86.9 cm³/mol. The zero-order valence-electron chi connectivity index (χ0n) is 12.5. The number of hydrogen-bond acceptors (Lipinski definition) is 3. The van der Waals surface area contributed by atoms with E-state index in [4.69, 9.17) is 17.3 Å². The molecule has 0 bridgehead atoms. The van der Waals surface area contributed by atoms with Crippen LogP contribution >= 0.6 is 11.6 Å². The summed E-state index contributed by atoms with van der Waals surface area (Å²) in [7, 11) is -3.54. The Morgan fingerprint density at radius 3 is 2.67 bits per heavy atom. The molecule has 0 radical (unpaired) electrons. The minimum atomic E-state index is -3.54. The number of nitrogens with two attached hydrogens (primary N) is 1. The molecule has 1 saturated carbocycles. The van der Waals surface area contributed by atoms with Crippen LogP contribution in [0.3, 0.4) is 0 Å². The van der Waals surface area contributed by atoms with E-state index in [1.165, 1.54) is 25.3 Å². The molecule has 2 atom stereocenters. The molecule has 0 spiro atoms. The molecule has 1 fully saturated rings. The van der Waals surface area contributed by atoms with Crippen molar-refractivity contribution in [2.24, 2.45) is 11.8 Å². The first-order valence-corrected chi connectivity index (χ1v) is 9.22. The standard InChI is InChI=1S/C15H23ClN2O2S/c1-10-5-3-4-6-12(10)9-18-21(19,20)15-8-14(17)13(16)7-11(15)2/h7-8,10,12,18H,3-6,9,17H2,1-2H3. The van der Waals surface area contributed by atoms with E-state index in [0.717, 1.165) is 6.42 Å². The molecule has 21 heavy (non-hydrogen) atoms. The Morgan fingerprint density at radius 1 is 1.33 bits per heavy atom. The largest absolute Gasteiger partial charge is 0.397 e. The van der Waals surface area contributed by atoms with E-state index in [0.29, 0.717) is 29.0 Å². The summed E-state index contributed by atoms with van der Waals surface area (Å²) in [6, 6.07) is 3.03. The van der Waals surface area contributed by atoms with Crippen molar-refractivity contribution in [3.05, 3.63) is 22.7 Å². The molecule has 118 valence electrons. The van der Waals surface area contributed by atoms with Crippen molar-refractivity contribution in [2.45, 2.75) is 44.4 Å². The van der Waals surface area contributed by atoms with Crippen LogP contribution in [0, 0.1) is 18.8 Å². The smallest absolute Gasteiger partial charge is 0.240 e. The first kappa shape index (κ1) is 16.6. The Balaban J connectivity index is 2.13. The zero-order chi connectivity index (χ0) is 15.6. The third-order valence-corrected chi connectivity index (χ3v) is 6.30. The number of halogens is 1. The molecule has 0 aliphatic heterocycles. The highest BCUT2D eigenvalue weighted by atomic mass is 35.5. The Kier molecular flexibility index (Phi) is 5.17. The van der Waals surface area contributed by atoms with Crippen LogP contribution in [0.4, 0.5) is 5.69 Å². The molecule has 0 aromatic heterocycles. The minimum absolute atomic E-state index is 0.216. The second kappa shape index (κ2) is 6.55. The molecule has 3 N–H and O–H groups in total. The summed E-state index contributed by atoms with van der Waals surface area (Å²) in [5.41, 5.74) is 6.62. The monoisotopic (exact) mass is 330 g/mol. The Bertz CT molecular complexity index is 616. The highest BCUT2D eigenvalue weighted by molar-refractivity contribution is 7.89. The maximum absolute atomic E-state index is 12.5. The van der Waals surface area contributed by atoms with E-state index in [9.17, 15) is 8.42 Å². The fourth-order valence-corrected chi connectivity index (χ4v) is 4.52. The van der Waals surface area contributed by atoms with Gasteiger partial charge >= 0.3 is 0 Å². The normalized spacial score (nSPS) is 23.2. The van der Waals surface area contributed by atoms with Crippen LogP contribution < -0.4 is 10.5 Å². The summed E-state index contributed by atoms with van der Waals surface area (Å²) < 4.78 is 27.6. The van der Waals surface area contributed by atoms with Gasteiger partial charge in [-0.05, 0) is 42.9 Å². The number of anilines is 1. The molecular formula is C15H23ClN2O2S. The van der Waals surface area contributed by atoms with Gasteiger partial charge in [-0.15, -0.1) is 0 Å². The van der Waals surface area contributed by atoms with Gasteiger partial charge in [0.1, 0.15) is 0 Å². The summed E-state index contributed by atoms with van der Waals surface area (Å²) in [5, 5.41) is 0.382. The number of sulfonamides is 1. The number of nitrogen functional groups attached to an aromatic ring is 1. The Labute approximate surface area is 132 Å². The van der Waals surface area contributed by atoms with Crippen LogP contribution in [0.25, 0.3) is 0 Å². The van der Waals surface area contributed by atoms with Crippen LogP contribution in [-0.4, -0.2) is 15.0 Å². The fourth-order valence-electron chi connectivity index (χ4n) is 2.95. The summed E-state index contributed by atoms with van der Waals surface area (Å²) in [6.45, 7) is 4.41. The average Bonchev–Trinajstić information content (AvgIpc) is 2.42. The number of nitrogens with one attached hydrogen (secondary N) is 1. The molecule has 1 aliphatic rings. The Morgan fingerprint density at radius 2 is 2.00 bits per heavy atom. The van der Waals surface area contributed by atoms with Gasteiger partial charge in [-0.1, -0.05) is 37.8 Å². The molecular weight excluding hydrogens is 308 g/mol. The molecule has 2 rings (SSSR count). The van der Waals surface area contributed by atoms with Crippen molar-refractivity contribution in [2.75, 3.05) is 12.3 Å². The van der Waals surface area contributed by atoms with E-state index in [2.05, 4.69) is 11.6 Å². The minimum Gasteiger partial charge on any atom is -0.397 e. The molecule has 1 aliphatic carbocycles. The third kappa shape index (κ3) is 3.90. The van der Waals surface area contributed by atoms with Gasteiger partial charge in [0.2, 0.25) is 10.0 Å².